The van der Waals surface area contributed by atoms with Gasteiger partial charge in [0.15, 0.2) is 11.9 Å². The largest absolute Gasteiger partial charge is 0.508 e. The first-order valence-corrected chi connectivity index (χ1v) is 20.4. The van der Waals surface area contributed by atoms with Crippen molar-refractivity contribution < 1.29 is 43.8 Å². The van der Waals surface area contributed by atoms with Gasteiger partial charge in [-0.3, -0.25) is 43.5 Å². The van der Waals surface area contributed by atoms with Gasteiger partial charge < -0.3 is 70.8 Å². The van der Waals surface area contributed by atoms with E-state index < -0.39 is 83.5 Å². The van der Waals surface area contributed by atoms with Crippen LogP contribution in [0, 0.1) is 5.92 Å². The summed E-state index contributed by atoms with van der Waals surface area (Å²) in [5.74, 6) is -6.04. The van der Waals surface area contributed by atoms with Gasteiger partial charge in [0.1, 0.15) is 47.8 Å². The Morgan fingerprint density at radius 1 is 0.556 bits per heavy atom. The molecule has 0 unspecified atom stereocenters. The summed E-state index contributed by atoms with van der Waals surface area (Å²) < 4.78 is 0. The van der Waals surface area contributed by atoms with Gasteiger partial charge in [0, 0.05) is 32.9 Å². The van der Waals surface area contributed by atoms with Gasteiger partial charge in [-0.1, -0.05) is 44.5 Å². The number of amides is 7. The van der Waals surface area contributed by atoms with Crippen molar-refractivity contribution in [2.45, 2.75) is 109 Å². The Kier molecular flexibility index (Phi) is 21.7. The van der Waals surface area contributed by atoms with Crippen LogP contribution in [0.4, 0.5) is 0 Å². The normalized spacial score (nSPS) is 14.1. The summed E-state index contributed by atoms with van der Waals surface area (Å²) in [6, 6.07) is 4.29. The molecule has 22 nitrogen and oxygen atoms in total. The molecule has 0 saturated heterocycles. The molecule has 2 aromatic rings. The summed E-state index contributed by atoms with van der Waals surface area (Å²) in [7, 11) is 0. The number of phenols is 2. The Morgan fingerprint density at radius 2 is 0.937 bits per heavy atom. The summed E-state index contributed by atoms with van der Waals surface area (Å²) in [5.41, 5.74) is 28.2. The molecule has 22 heteroatoms. The first-order chi connectivity index (χ1) is 29.7. The average Bonchev–Trinajstić information content (AvgIpc) is 3.22. The zero-order valence-electron chi connectivity index (χ0n) is 36.1. The molecule has 7 atom stereocenters. The minimum absolute atomic E-state index is 0.0337. The fraction of sp³-hybridized carbons (Fsp3) is 0.488. The summed E-state index contributed by atoms with van der Waals surface area (Å²) in [6.45, 7) is 6.36. The van der Waals surface area contributed by atoms with Crippen LogP contribution in [0.1, 0.15) is 70.9 Å². The highest BCUT2D eigenvalue weighted by Crippen LogP contribution is 2.15. The molecule has 0 spiro atoms. The summed E-state index contributed by atoms with van der Waals surface area (Å²) >= 11 is 0. The third-order valence-corrected chi connectivity index (χ3v) is 9.81. The maximum atomic E-state index is 14.4. The fourth-order valence-electron chi connectivity index (χ4n) is 6.09. The standard InChI is InChI=1S/C41H63N13O9/c1-5-22(2)33(39(63)49-23(3)34(42)58)54-36(60)30(9-7-19-48-41(45)46)51-37(61)31(20-25-10-14-27(56)15-11-25)53-38(62)32(21-26-12-16-28(57)17-13-26)52-35(59)29(50-24(4)55)8-6-18-47-40(43)44/h10-17,22-23,29-33,56-57H,5-9,18-21H2,1-4H3,(H2,42,58)(H,49,63)(H,50,55)(H,51,61)(H,52,59)(H,53,62)(H,54,60)(H4,43,44,47)(H4,45,46,48)/t22-,23-,29-,30-,31-,32-,33-/m0/s1. The predicted molar refractivity (Wildman–Crippen MR) is 235 cm³/mol. The zero-order valence-corrected chi connectivity index (χ0v) is 36.1. The summed E-state index contributed by atoms with van der Waals surface area (Å²) in [6.07, 6.45) is 0.683. The fourth-order valence-corrected chi connectivity index (χ4v) is 6.09. The third kappa shape index (κ3) is 19.4. The van der Waals surface area contributed by atoms with Crippen molar-refractivity contribution in [3.63, 3.8) is 0 Å². The molecule has 0 aliphatic carbocycles. The lowest BCUT2D eigenvalue weighted by atomic mass is 9.97. The van der Waals surface area contributed by atoms with Crippen molar-refractivity contribution in [2.24, 2.45) is 44.6 Å². The third-order valence-electron chi connectivity index (χ3n) is 9.81. The second-order valence-electron chi connectivity index (χ2n) is 15.1. The molecule has 0 aliphatic heterocycles. The van der Waals surface area contributed by atoms with Gasteiger partial charge in [-0.15, -0.1) is 0 Å². The monoisotopic (exact) mass is 881 g/mol. The SMILES string of the molecule is CC[C@H](C)[C@H](NC(=O)[C@H](CCCN=C(N)N)NC(=O)[C@H](Cc1ccc(O)cc1)NC(=O)[C@H](Cc1ccc(O)cc1)NC(=O)[C@H](CCCN=C(N)N)NC(C)=O)C(=O)N[C@@H](C)C(N)=O. The minimum atomic E-state index is -1.41. The number of hydrogen-bond acceptors (Lipinski definition) is 11. The number of carbonyl (C=O) groups excluding carboxylic acids is 7. The van der Waals surface area contributed by atoms with Crippen LogP contribution in [0.25, 0.3) is 0 Å². The van der Waals surface area contributed by atoms with E-state index in [9.17, 15) is 43.8 Å². The number of nitrogens with two attached hydrogens (primary N) is 5. The number of primary amides is 1. The highest BCUT2D eigenvalue weighted by Gasteiger charge is 2.34. The first-order valence-electron chi connectivity index (χ1n) is 20.4. The van der Waals surface area contributed by atoms with Crippen LogP contribution in [-0.2, 0) is 46.4 Å². The highest BCUT2D eigenvalue weighted by molar-refractivity contribution is 5.97. The van der Waals surface area contributed by atoms with E-state index in [4.69, 9.17) is 28.7 Å². The molecule has 0 radical (unpaired) electrons. The molecule has 0 fully saturated rings. The van der Waals surface area contributed by atoms with Gasteiger partial charge in [0.2, 0.25) is 41.4 Å². The maximum Gasteiger partial charge on any atom is 0.243 e. The van der Waals surface area contributed by atoms with Gasteiger partial charge >= 0.3 is 0 Å². The second-order valence-corrected chi connectivity index (χ2v) is 15.1. The minimum Gasteiger partial charge on any atom is -0.508 e. The van der Waals surface area contributed by atoms with E-state index in [1.54, 1.807) is 13.8 Å². The maximum absolute atomic E-state index is 14.4. The van der Waals surface area contributed by atoms with E-state index in [0.29, 0.717) is 17.5 Å². The van der Waals surface area contributed by atoms with Crippen LogP contribution in [0.2, 0.25) is 0 Å². The molecule has 346 valence electrons. The number of carbonyl (C=O) groups is 7. The van der Waals surface area contributed by atoms with Crippen LogP contribution < -0.4 is 60.6 Å². The smallest absolute Gasteiger partial charge is 0.243 e. The van der Waals surface area contributed by atoms with Gasteiger partial charge in [-0.05, 0) is 73.9 Å². The molecule has 2 aromatic carbocycles. The number of nitrogens with one attached hydrogen (secondary N) is 6. The lowest BCUT2D eigenvalue weighted by Crippen LogP contribution is -2.60. The lowest BCUT2D eigenvalue weighted by molar-refractivity contribution is -0.135. The number of aromatic hydroxyl groups is 2. The number of guanidine groups is 2. The Bertz CT molecular complexity index is 1920. The molecule has 0 bridgehead atoms. The van der Waals surface area contributed by atoms with E-state index >= 15 is 0 Å². The summed E-state index contributed by atoms with van der Waals surface area (Å²) in [5, 5.41) is 35.7. The second kappa shape index (κ2) is 26.3. The predicted octanol–water partition coefficient (Wildman–Crippen LogP) is -2.53. The van der Waals surface area contributed by atoms with Crippen molar-refractivity contribution in [1.82, 2.24) is 31.9 Å². The van der Waals surface area contributed by atoms with Gasteiger partial charge in [-0.2, -0.15) is 0 Å². The van der Waals surface area contributed by atoms with Gasteiger partial charge in [0.25, 0.3) is 0 Å². The van der Waals surface area contributed by atoms with Crippen LogP contribution in [-0.4, -0.2) is 113 Å². The number of hydrogen-bond donors (Lipinski definition) is 13. The van der Waals surface area contributed by atoms with E-state index in [1.165, 1.54) is 62.4 Å². The molecule has 7 amide bonds. The van der Waals surface area contributed by atoms with Crippen LogP contribution in [0.15, 0.2) is 58.5 Å². The molecule has 0 aromatic heterocycles. The van der Waals surface area contributed by atoms with E-state index in [0.717, 1.165) is 0 Å². The average molecular weight is 882 g/mol. The van der Waals surface area contributed by atoms with E-state index in [1.807, 2.05) is 0 Å². The molecule has 2 rings (SSSR count). The highest BCUT2D eigenvalue weighted by atomic mass is 16.3. The quantitative estimate of drug-likeness (QED) is 0.0264. The van der Waals surface area contributed by atoms with Crippen molar-refractivity contribution in [1.29, 1.82) is 0 Å². The Morgan fingerprint density at radius 3 is 1.32 bits per heavy atom. The zero-order chi connectivity index (χ0) is 47.2. The number of rotatable bonds is 26. The van der Waals surface area contributed by atoms with E-state index in [2.05, 4.69) is 41.9 Å². The number of phenolic OH excluding ortho intramolecular Hbond substituents is 2. The topological polar surface area (TPSA) is 387 Å². The van der Waals surface area contributed by atoms with Crippen molar-refractivity contribution in [3.8, 4) is 11.5 Å². The molecule has 0 heterocycles. The molecular formula is C41H63N13O9. The van der Waals surface area contributed by atoms with Crippen LogP contribution in [0.3, 0.4) is 0 Å². The van der Waals surface area contributed by atoms with Gasteiger partial charge in [-0.25, -0.2) is 0 Å². The Labute approximate surface area is 366 Å². The van der Waals surface area contributed by atoms with Gasteiger partial charge in [0.05, 0.1) is 0 Å². The molecule has 0 saturated carbocycles. The van der Waals surface area contributed by atoms with Crippen LogP contribution >= 0.6 is 0 Å². The Balaban J connectivity index is 2.55. The molecular weight excluding hydrogens is 819 g/mol. The van der Waals surface area contributed by atoms with Crippen molar-refractivity contribution in [3.05, 3.63) is 59.7 Å². The number of aliphatic imine (C=N–C) groups is 2. The molecule has 63 heavy (non-hydrogen) atoms. The van der Waals surface area contributed by atoms with Crippen LogP contribution in [0.5, 0.6) is 11.5 Å². The first kappa shape index (κ1) is 52.0. The van der Waals surface area contributed by atoms with E-state index in [-0.39, 0.29) is 75.0 Å². The number of nitrogens with zero attached hydrogens (tertiary/aromatic N) is 2. The molecule has 0 aliphatic rings. The van der Waals surface area contributed by atoms with Crippen molar-refractivity contribution >= 4 is 53.3 Å². The summed E-state index contributed by atoms with van der Waals surface area (Å²) in [4.78, 5) is 101. The Hall–Kier alpha value is -7.13. The molecule has 18 N–H and O–H groups in total. The number of benzene rings is 2. The van der Waals surface area contributed by atoms with Crippen molar-refractivity contribution in [2.75, 3.05) is 13.1 Å². The lowest BCUT2D eigenvalue weighted by Gasteiger charge is -2.29.